The van der Waals surface area contributed by atoms with Gasteiger partial charge in [-0.25, -0.2) is 14.4 Å². The predicted octanol–water partition coefficient (Wildman–Crippen LogP) is 1.13. The van der Waals surface area contributed by atoms with Gasteiger partial charge in [0.25, 0.3) is 0 Å². The second-order valence-corrected chi connectivity index (χ2v) is 5.23. The highest BCUT2D eigenvalue weighted by Crippen LogP contribution is 2.26. The van der Waals surface area contributed by atoms with Crippen LogP contribution in [0.1, 0.15) is 5.56 Å². The van der Waals surface area contributed by atoms with E-state index in [2.05, 4.69) is 25.3 Å². The van der Waals surface area contributed by atoms with E-state index >= 15 is 0 Å². The number of piperazine rings is 1. The minimum atomic E-state index is -0.273. The molecule has 1 aliphatic rings. The Morgan fingerprint density at radius 3 is 2.86 bits per heavy atom. The first-order chi connectivity index (χ1) is 10.3. The fourth-order valence-corrected chi connectivity index (χ4v) is 2.76. The molecule has 0 radical (unpaired) electrons. The van der Waals surface area contributed by atoms with Gasteiger partial charge in [0.05, 0.1) is 10.9 Å². The summed E-state index contributed by atoms with van der Waals surface area (Å²) in [5, 5.41) is 7.97. The van der Waals surface area contributed by atoms with E-state index < -0.39 is 0 Å². The zero-order valence-corrected chi connectivity index (χ0v) is 11.7. The van der Waals surface area contributed by atoms with Crippen molar-refractivity contribution < 1.29 is 4.39 Å². The molecule has 0 bridgehead atoms. The third-order valence-corrected chi connectivity index (χ3v) is 3.89. The van der Waals surface area contributed by atoms with Crippen LogP contribution in [0.3, 0.4) is 0 Å². The number of aryl methyl sites for hydroxylation is 1. The fourth-order valence-electron chi connectivity index (χ4n) is 2.76. The molecular weight excluding hydrogens is 271 g/mol. The first-order valence-corrected chi connectivity index (χ1v) is 7.00. The van der Waals surface area contributed by atoms with Crippen molar-refractivity contribution in [3.63, 3.8) is 0 Å². The summed E-state index contributed by atoms with van der Waals surface area (Å²) in [6.07, 6.45) is 1.45. The van der Waals surface area contributed by atoms with Crippen LogP contribution >= 0.6 is 0 Å². The number of fused-ring (bicyclic) bond motifs is 3. The Morgan fingerprint density at radius 2 is 2.05 bits per heavy atom. The van der Waals surface area contributed by atoms with Gasteiger partial charge in [0.2, 0.25) is 5.95 Å². The van der Waals surface area contributed by atoms with Crippen molar-refractivity contribution in [1.29, 1.82) is 0 Å². The minimum Gasteiger partial charge on any atom is -0.338 e. The topological polar surface area (TPSA) is 58.4 Å². The van der Waals surface area contributed by atoms with E-state index in [1.165, 1.54) is 6.33 Å². The summed E-state index contributed by atoms with van der Waals surface area (Å²) in [6, 6.07) is 3.59. The van der Waals surface area contributed by atoms with Crippen LogP contribution < -0.4 is 10.2 Å². The molecular formula is C14H15FN6. The maximum atomic E-state index is 14.4. The average molecular weight is 286 g/mol. The first kappa shape index (κ1) is 12.5. The van der Waals surface area contributed by atoms with E-state index in [9.17, 15) is 4.39 Å². The summed E-state index contributed by atoms with van der Waals surface area (Å²) in [5.41, 5.74) is 1.73. The second kappa shape index (κ2) is 4.63. The van der Waals surface area contributed by atoms with Crippen molar-refractivity contribution >= 4 is 22.5 Å². The Balaban J connectivity index is 2.03. The number of benzene rings is 1. The van der Waals surface area contributed by atoms with E-state index in [0.29, 0.717) is 22.1 Å². The van der Waals surface area contributed by atoms with Crippen LogP contribution in [-0.4, -0.2) is 45.8 Å². The third-order valence-electron chi connectivity index (χ3n) is 3.89. The average Bonchev–Trinajstić information content (AvgIpc) is 3.00. The molecule has 1 N–H and O–H groups in total. The lowest BCUT2D eigenvalue weighted by molar-refractivity contribution is 0.574. The predicted molar refractivity (Wildman–Crippen MR) is 78.1 cm³/mol. The van der Waals surface area contributed by atoms with Crippen LogP contribution in [0, 0.1) is 12.7 Å². The molecule has 0 saturated carbocycles. The largest absolute Gasteiger partial charge is 0.338 e. The highest BCUT2D eigenvalue weighted by atomic mass is 19.1. The molecule has 3 aromatic rings. The molecule has 6 nitrogen and oxygen atoms in total. The SMILES string of the molecule is Cc1ccc2nc(N3CCNCC3)n3ncnc3c2c1F. The Kier molecular flexibility index (Phi) is 2.75. The molecule has 0 aliphatic carbocycles. The van der Waals surface area contributed by atoms with Gasteiger partial charge in [0.1, 0.15) is 12.1 Å². The standard InChI is InChI=1S/C14H15FN6/c1-9-2-3-10-11(12(9)15)13-17-8-18-21(13)14(19-10)20-6-4-16-5-7-20/h2-3,8,16H,4-7H2,1H3. The Hall–Kier alpha value is -2.28. The summed E-state index contributed by atoms with van der Waals surface area (Å²) in [5.74, 6) is 0.449. The molecule has 108 valence electrons. The zero-order valence-electron chi connectivity index (χ0n) is 11.7. The number of rotatable bonds is 1. The molecule has 3 heterocycles. The van der Waals surface area contributed by atoms with Gasteiger partial charge in [0, 0.05) is 26.2 Å². The van der Waals surface area contributed by atoms with Crippen LogP contribution in [0.4, 0.5) is 10.3 Å². The van der Waals surface area contributed by atoms with Gasteiger partial charge in [0.15, 0.2) is 5.65 Å². The number of aromatic nitrogens is 4. The first-order valence-electron chi connectivity index (χ1n) is 7.00. The van der Waals surface area contributed by atoms with E-state index in [1.54, 1.807) is 17.5 Å². The van der Waals surface area contributed by atoms with Gasteiger partial charge in [-0.2, -0.15) is 9.61 Å². The van der Waals surface area contributed by atoms with Crippen LogP contribution in [0.15, 0.2) is 18.5 Å². The molecule has 1 fully saturated rings. The molecule has 4 rings (SSSR count). The number of nitrogens with zero attached hydrogens (tertiary/aromatic N) is 5. The lowest BCUT2D eigenvalue weighted by atomic mass is 10.1. The molecule has 1 saturated heterocycles. The lowest BCUT2D eigenvalue weighted by Crippen LogP contribution is -2.44. The molecule has 21 heavy (non-hydrogen) atoms. The molecule has 0 amide bonds. The van der Waals surface area contributed by atoms with Crippen molar-refractivity contribution in [3.05, 3.63) is 29.8 Å². The second-order valence-electron chi connectivity index (χ2n) is 5.23. The van der Waals surface area contributed by atoms with E-state index in [-0.39, 0.29) is 5.82 Å². The van der Waals surface area contributed by atoms with Crippen molar-refractivity contribution in [2.45, 2.75) is 6.92 Å². The number of nitrogens with one attached hydrogen (secondary N) is 1. The number of anilines is 1. The highest BCUT2D eigenvalue weighted by molar-refractivity contribution is 5.93. The Labute approximate surface area is 120 Å². The van der Waals surface area contributed by atoms with Crippen LogP contribution in [0.25, 0.3) is 16.6 Å². The maximum absolute atomic E-state index is 14.4. The van der Waals surface area contributed by atoms with Crippen LogP contribution in [0.2, 0.25) is 0 Å². The van der Waals surface area contributed by atoms with Gasteiger partial charge in [-0.05, 0) is 18.6 Å². The summed E-state index contributed by atoms with van der Waals surface area (Å²) in [4.78, 5) is 11.0. The highest BCUT2D eigenvalue weighted by Gasteiger charge is 2.20. The number of hydrogen-bond acceptors (Lipinski definition) is 5. The van der Waals surface area contributed by atoms with Crippen LogP contribution in [-0.2, 0) is 0 Å². The third kappa shape index (κ3) is 1.84. The van der Waals surface area contributed by atoms with Crippen molar-refractivity contribution in [2.75, 3.05) is 31.1 Å². The van der Waals surface area contributed by atoms with Gasteiger partial charge in [-0.3, -0.25) is 0 Å². The number of hydrogen-bond donors (Lipinski definition) is 1. The molecule has 1 aliphatic heterocycles. The van der Waals surface area contributed by atoms with Gasteiger partial charge in [-0.1, -0.05) is 6.07 Å². The van der Waals surface area contributed by atoms with Gasteiger partial charge in [-0.15, -0.1) is 0 Å². The van der Waals surface area contributed by atoms with Crippen LogP contribution in [0.5, 0.6) is 0 Å². The molecule has 7 heteroatoms. The van der Waals surface area contributed by atoms with E-state index in [4.69, 9.17) is 0 Å². The zero-order chi connectivity index (χ0) is 14.4. The summed E-state index contributed by atoms with van der Waals surface area (Å²) in [6.45, 7) is 5.24. The summed E-state index contributed by atoms with van der Waals surface area (Å²) < 4.78 is 16.1. The summed E-state index contributed by atoms with van der Waals surface area (Å²) in [7, 11) is 0. The minimum absolute atomic E-state index is 0.273. The van der Waals surface area contributed by atoms with Crippen molar-refractivity contribution in [2.24, 2.45) is 0 Å². The van der Waals surface area contributed by atoms with E-state index in [0.717, 1.165) is 32.1 Å². The monoisotopic (exact) mass is 286 g/mol. The fraction of sp³-hybridized carbons (Fsp3) is 0.357. The normalized spacial score (nSPS) is 16.0. The lowest BCUT2D eigenvalue weighted by Gasteiger charge is -2.28. The molecule has 0 atom stereocenters. The van der Waals surface area contributed by atoms with E-state index in [1.807, 2.05) is 6.07 Å². The molecule has 1 aromatic carbocycles. The Bertz CT molecular complexity index is 821. The summed E-state index contributed by atoms with van der Waals surface area (Å²) >= 11 is 0. The molecule has 0 unspecified atom stereocenters. The van der Waals surface area contributed by atoms with Gasteiger partial charge < -0.3 is 10.2 Å². The van der Waals surface area contributed by atoms with Crippen molar-refractivity contribution in [1.82, 2.24) is 24.9 Å². The quantitative estimate of drug-likeness (QED) is 0.727. The van der Waals surface area contributed by atoms with Gasteiger partial charge >= 0.3 is 0 Å². The number of halogens is 1. The molecule has 2 aromatic heterocycles. The Morgan fingerprint density at radius 1 is 1.24 bits per heavy atom. The molecule has 0 spiro atoms. The maximum Gasteiger partial charge on any atom is 0.229 e. The smallest absolute Gasteiger partial charge is 0.229 e. The van der Waals surface area contributed by atoms with Crippen molar-refractivity contribution in [3.8, 4) is 0 Å².